The molecule has 0 aromatic heterocycles. The molecule has 0 aliphatic heterocycles. The van der Waals surface area contributed by atoms with E-state index in [0.717, 1.165) is 35.6 Å². The van der Waals surface area contributed by atoms with Gasteiger partial charge in [-0.3, -0.25) is 4.79 Å². The molecule has 2 unspecified atom stereocenters. The Morgan fingerprint density at radius 3 is 2.77 bits per heavy atom. The Morgan fingerprint density at radius 1 is 1.31 bits per heavy atom. The normalized spacial score (nSPS) is 16.8. The Kier molecular flexibility index (Phi) is 5.85. The van der Waals surface area contributed by atoms with Crippen LogP contribution in [-0.2, 0) is 11.2 Å². The summed E-state index contributed by atoms with van der Waals surface area (Å²) in [6.45, 7) is 1.72. The first-order valence-corrected chi connectivity index (χ1v) is 9.13. The Balaban J connectivity index is 1.76. The molecule has 0 radical (unpaired) electrons. The Hall–Kier alpha value is -2.44. The zero-order valence-electron chi connectivity index (χ0n) is 14.7. The van der Waals surface area contributed by atoms with Crippen molar-refractivity contribution in [1.29, 1.82) is 0 Å². The summed E-state index contributed by atoms with van der Waals surface area (Å²) in [5, 5.41) is 9.81. The van der Waals surface area contributed by atoms with E-state index < -0.39 is 5.97 Å². The van der Waals surface area contributed by atoms with Crippen molar-refractivity contribution in [1.82, 2.24) is 0 Å². The molecule has 0 saturated carbocycles. The molecule has 1 aliphatic carbocycles. The van der Waals surface area contributed by atoms with Crippen LogP contribution in [-0.4, -0.2) is 11.1 Å². The lowest BCUT2D eigenvalue weighted by Gasteiger charge is -2.26. The lowest BCUT2D eigenvalue weighted by molar-refractivity contribution is -0.137. The number of benzene rings is 2. The Bertz CT molecular complexity index is 846. The van der Waals surface area contributed by atoms with Crippen LogP contribution in [0.25, 0.3) is 0 Å². The van der Waals surface area contributed by atoms with Gasteiger partial charge >= 0.3 is 5.97 Å². The molecule has 3 rings (SSSR count). The summed E-state index contributed by atoms with van der Waals surface area (Å²) in [5.41, 5.74) is 3.35. The molecule has 1 N–H and O–H groups in total. The predicted molar refractivity (Wildman–Crippen MR) is 103 cm³/mol. The number of carboxylic acid groups (broad SMARTS) is 1. The summed E-state index contributed by atoms with van der Waals surface area (Å²) in [4.78, 5) is 11.0. The highest BCUT2D eigenvalue weighted by Gasteiger charge is 2.22. The second kappa shape index (κ2) is 8.29. The minimum absolute atomic E-state index is 0.00218. The number of hydrogen-bond acceptors (Lipinski definition) is 2. The molecular formula is C22H21ClO3. The Labute approximate surface area is 159 Å². The van der Waals surface area contributed by atoms with Crippen molar-refractivity contribution in [2.45, 2.75) is 44.6 Å². The zero-order valence-corrected chi connectivity index (χ0v) is 15.4. The van der Waals surface area contributed by atoms with E-state index in [2.05, 4.69) is 17.9 Å². The fourth-order valence-electron chi connectivity index (χ4n) is 3.40. The first-order valence-electron chi connectivity index (χ1n) is 8.76. The van der Waals surface area contributed by atoms with Gasteiger partial charge in [-0.1, -0.05) is 35.7 Å². The molecule has 4 heteroatoms. The van der Waals surface area contributed by atoms with Gasteiger partial charge in [-0.05, 0) is 67.1 Å². The van der Waals surface area contributed by atoms with Crippen LogP contribution < -0.4 is 4.74 Å². The quantitative estimate of drug-likeness (QED) is 0.721. The average molecular weight is 369 g/mol. The highest BCUT2D eigenvalue weighted by Crippen LogP contribution is 2.35. The van der Waals surface area contributed by atoms with Crippen LogP contribution in [0.15, 0.2) is 42.5 Å². The number of hydrogen-bond donors (Lipinski definition) is 1. The number of halogens is 1. The van der Waals surface area contributed by atoms with E-state index in [0.29, 0.717) is 0 Å². The lowest BCUT2D eigenvalue weighted by Crippen LogP contribution is -2.15. The van der Waals surface area contributed by atoms with E-state index in [1.165, 1.54) is 11.1 Å². The van der Waals surface area contributed by atoms with E-state index in [1.54, 1.807) is 6.92 Å². The van der Waals surface area contributed by atoms with Gasteiger partial charge in [0.1, 0.15) is 11.9 Å². The zero-order chi connectivity index (χ0) is 18.5. The van der Waals surface area contributed by atoms with E-state index in [-0.39, 0.29) is 18.4 Å². The van der Waals surface area contributed by atoms with Crippen molar-refractivity contribution >= 4 is 17.6 Å². The maximum Gasteiger partial charge on any atom is 0.304 e. The maximum atomic E-state index is 11.0. The molecule has 26 heavy (non-hydrogen) atoms. The molecule has 0 saturated heterocycles. The van der Waals surface area contributed by atoms with Crippen molar-refractivity contribution in [3.63, 3.8) is 0 Å². The topological polar surface area (TPSA) is 46.5 Å². The molecule has 1 aliphatic rings. The van der Waals surface area contributed by atoms with Crippen LogP contribution in [0, 0.1) is 11.8 Å². The van der Waals surface area contributed by atoms with Gasteiger partial charge in [-0.15, -0.1) is 5.92 Å². The van der Waals surface area contributed by atoms with Crippen LogP contribution >= 0.6 is 11.6 Å². The van der Waals surface area contributed by atoms with Crippen LogP contribution in [0.4, 0.5) is 0 Å². The molecule has 2 aromatic carbocycles. The van der Waals surface area contributed by atoms with Gasteiger partial charge < -0.3 is 9.84 Å². The van der Waals surface area contributed by atoms with Crippen molar-refractivity contribution in [2.75, 3.05) is 0 Å². The SMILES string of the molecule is CC#CC(CC(=O)O)c1ccc(OC2CCCc3cc(Cl)ccc32)cc1. The maximum absolute atomic E-state index is 11.0. The summed E-state index contributed by atoms with van der Waals surface area (Å²) < 4.78 is 6.20. The fourth-order valence-corrected chi connectivity index (χ4v) is 3.60. The number of rotatable bonds is 5. The van der Waals surface area contributed by atoms with Crippen molar-refractivity contribution in [3.05, 3.63) is 64.2 Å². The van der Waals surface area contributed by atoms with Gasteiger partial charge in [0, 0.05) is 5.02 Å². The summed E-state index contributed by atoms with van der Waals surface area (Å²) in [6.07, 6.45) is 3.09. The number of aliphatic carboxylic acids is 1. The number of carboxylic acids is 1. The number of carbonyl (C=O) groups is 1. The van der Waals surface area contributed by atoms with Crippen LogP contribution in [0.1, 0.15) is 54.9 Å². The fraction of sp³-hybridized carbons (Fsp3) is 0.318. The third-order valence-corrected chi connectivity index (χ3v) is 4.86. The van der Waals surface area contributed by atoms with Crippen molar-refractivity contribution < 1.29 is 14.6 Å². The molecule has 0 bridgehead atoms. The van der Waals surface area contributed by atoms with E-state index in [9.17, 15) is 4.79 Å². The lowest BCUT2D eigenvalue weighted by atomic mass is 9.89. The summed E-state index contributed by atoms with van der Waals surface area (Å²) >= 11 is 6.10. The summed E-state index contributed by atoms with van der Waals surface area (Å²) in [7, 11) is 0. The van der Waals surface area contributed by atoms with Gasteiger partial charge in [-0.2, -0.15) is 0 Å². The monoisotopic (exact) mass is 368 g/mol. The van der Waals surface area contributed by atoms with Gasteiger partial charge in [0.15, 0.2) is 0 Å². The number of aryl methyl sites for hydroxylation is 1. The average Bonchev–Trinajstić information content (AvgIpc) is 2.61. The van der Waals surface area contributed by atoms with E-state index in [1.807, 2.05) is 36.4 Å². The van der Waals surface area contributed by atoms with Gasteiger partial charge in [0.2, 0.25) is 0 Å². The second-order valence-electron chi connectivity index (χ2n) is 6.46. The molecule has 0 spiro atoms. The van der Waals surface area contributed by atoms with Gasteiger partial charge in [0.25, 0.3) is 0 Å². The van der Waals surface area contributed by atoms with Crippen molar-refractivity contribution in [3.8, 4) is 17.6 Å². The minimum Gasteiger partial charge on any atom is -0.486 e. The molecular weight excluding hydrogens is 348 g/mol. The molecule has 0 heterocycles. The van der Waals surface area contributed by atoms with Crippen LogP contribution in [0.3, 0.4) is 0 Å². The van der Waals surface area contributed by atoms with Crippen LogP contribution in [0.2, 0.25) is 5.02 Å². The molecule has 134 valence electrons. The third-order valence-electron chi connectivity index (χ3n) is 4.62. The molecule has 0 fully saturated rings. The molecule has 0 amide bonds. The van der Waals surface area contributed by atoms with Crippen molar-refractivity contribution in [2.24, 2.45) is 0 Å². The van der Waals surface area contributed by atoms with Gasteiger partial charge in [0.05, 0.1) is 12.3 Å². The molecule has 2 atom stereocenters. The van der Waals surface area contributed by atoms with E-state index >= 15 is 0 Å². The van der Waals surface area contributed by atoms with Crippen LogP contribution in [0.5, 0.6) is 5.75 Å². The first kappa shape index (κ1) is 18.4. The van der Waals surface area contributed by atoms with Gasteiger partial charge in [-0.25, -0.2) is 0 Å². The first-order chi connectivity index (χ1) is 12.6. The van der Waals surface area contributed by atoms with E-state index in [4.69, 9.17) is 21.4 Å². The highest BCUT2D eigenvalue weighted by molar-refractivity contribution is 6.30. The third kappa shape index (κ3) is 4.39. The number of fused-ring (bicyclic) bond motifs is 1. The summed E-state index contributed by atoms with van der Waals surface area (Å²) in [6, 6.07) is 13.6. The number of ether oxygens (including phenoxy) is 1. The standard InChI is InChI=1S/C22H21ClO3/c1-2-4-16(14-22(24)25)15-7-10-19(11-8-15)26-21-6-3-5-17-13-18(23)9-12-20(17)21/h7-13,16,21H,3,5-6,14H2,1H3,(H,24,25). The molecule has 2 aromatic rings. The molecule has 3 nitrogen and oxygen atoms in total. The predicted octanol–water partition coefficient (Wildman–Crippen LogP) is 5.38. The highest BCUT2D eigenvalue weighted by atomic mass is 35.5. The summed E-state index contributed by atoms with van der Waals surface area (Å²) in [5.74, 6) is 5.40. The largest absolute Gasteiger partial charge is 0.486 e. The Morgan fingerprint density at radius 2 is 2.08 bits per heavy atom. The smallest absolute Gasteiger partial charge is 0.304 e. The minimum atomic E-state index is -0.851. The second-order valence-corrected chi connectivity index (χ2v) is 6.89.